The van der Waals surface area contributed by atoms with Crippen molar-refractivity contribution in [1.29, 1.82) is 0 Å². The van der Waals surface area contributed by atoms with Crippen LogP contribution >= 0.6 is 11.3 Å². The zero-order chi connectivity index (χ0) is 21.6. The molecule has 12 heteroatoms. The Morgan fingerprint density at radius 2 is 2.06 bits per heavy atom. The highest BCUT2D eigenvalue weighted by Crippen LogP contribution is 2.24. The van der Waals surface area contributed by atoms with Crippen LogP contribution in [0.5, 0.6) is 0 Å². The van der Waals surface area contributed by atoms with E-state index in [1.807, 2.05) is 6.92 Å². The molecule has 3 aromatic heterocycles. The second-order valence-corrected chi connectivity index (χ2v) is 8.21. The molecular weight excluding hydrogens is 418 g/mol. The number of amides is 2. The maximum Gasteiger partial charge on any atom is 0.282 e. The van der Waals surface area contributed by atoms with E-state index in [9.17, 15) is 9.59 Å². The van der Waals surface area contributed by atoms with Crippen molar-refractivity contribution in [2.24, 2.45) is 0 Å². The topological polar surface area (TPSA) is 141 Å². The lowest BCUT2D eigenvalue weighted by atomic mass is 10.2. The number of piperazine rings is 1. The number of rotatable bonds is 8. The van der Waals surface area contributed by atoms with Gasteiger partial charge in [-0.1, -0.05) is 24.7 Å². The second kappa shape index (κ2) is 9.79. The van der Waals surface area contributed by atoms with Gasteiger partial charge >= 0.3 is 0 Å². The van der Waals surface area contributed by atoms with Crippen LogP contribution in [0.25, 0.3) is 11.2 Å². The summed E-state index contributed by atoms with van der Waals surface area (Å²) in [6, 6.07) is 0. The Morgan fingerprint density at radius 1 is 1.23 bits per heavy atom. The summed E-state index contributed by atoms with van der Waals surface area (Å²) in [7, 11) is 0. The van der Waals surface area contributed by atoms with Crippen LogP contribution in [0, 0.1) is 0 Å². The number of thiazole rings is 1. The highest BCUT2D eigenvalue weighted by molar-refractivity contribution is 7.17. The van der Waals surface area contributed by atoms with Crippen LogP contribution in [-0.4, -0.2) is 62.9 Å². The Hall–Kier alpha value is -3.12. The molecule has 4 heterocycles. The number of carbonyl (C=O) groups excluding carboxylic acids is 2. The average Bonchev–Trinajstić information content (AvgIpc) is 3.45. The van der Waals surface area contributed by atoms with E-state index in [0.29, 0.717) is 28.4 Å². The van der Waals surface area contributed by atoms with E-state index in [0.717, 1.165) is 44.0 Å². The van der Waals surface area contributed by atoms with E-state index >= 15 is 0 Å². The van der Waals surface area contributed by atoms with Crippen molar-refractivity contribution in [2.75, 3.05) is 31.1 Å². The molecule has 31 heavy (non-hydrogen) atoms. The molecule has 0 aliphatic carbocycles. The van der Waals surface area contributed by atoms with Gasteiger partial charge in [0, 0.05) is 32.6 Å². The van der Waals surface area contributed by atoms with Crippen LogP contribution in [0.15, 0.2) is 18.7 Å². The van der Waals surface area contributed by atoms with E-state index in [1.54, 1.807) is 12.4 Å². The second-order valence-electron chi connectivity index (χ2n) is 7.20. The number of aromatic amines is 1. The zero-order valence-electron chi connectivity index (χ0n) is 17.2. The lowest BCUT2D eigenvalue weighted by Crippen LogP contribution is -2.43. The maximum atomic E-state index is 12.9. The lowest BCUT2D eigenvalue weighted by Gasteiger charge is -2.27. The quantitative estimate of drug-likeness (QED) is 0.377. The van der Waals surface area contributed by atoms with Crippen molar-refractivity contribution in [3.05, 3.63) is 29.6 Å². The number of unbranched alkanes of at least 4 members (excludes halogenated alkanes) is 1. The van der Waals surface area contributed by atoms with Gasteiger partial charge in [-0.25, -0.2) is 19.9 Å². The molecule has 1 unspecified atom stereocenters. The standard InChI is InChI=1S/C19H25N9O2S/c1-2-3-4-13(29)25-17(16-24-12-9-21-11-23-15(12)26-16)27-18(30)19-22-10-14(31-19)28-7-5-20-6-8-28/h9-11,17,20H,2-8H2,1H3,(H,25,29)(H,27,30)(H,21,23,24,26). The van der Waals surface area contributed by atoms with Crippen molar-refractivity contribution in [2.45, 2.75) is 32.4 Å². The van der Waals surface area contributed by atoms with E-state index in [2.05, 4.69) is 45.8 Å². The van der Waals surface area contributed by atoms with Crippen molar-refractivity contribution in [3.8, 4) is 0 Å². The first-order valence-electron chi connectivity index (χ1n) is 10.3. The van der Waals surface area contributed by atoms with E-state index < -0.39 is 6.17 Å². The molecule has 11 nitrogen and oxygen atoms in total. The smallest absolute Gasteiger partial charge is 0.282 e. The molecule has 164 valence electrons. The van der Waals surface area contributed by atoms with Crippen LogP contribution in [0.2, 0.25) is 0 Å². The number of hydrogen-bond acceptors (Lipinski definition) is 9. The molecule has 3 aromatic rings. The molecular formula is C19H25N9O2S. The van der Waals surface area contributed by atoms with Crippen LogP contribution in [0.3, 0.4) is 0 Å². The Kier molecular flexibility index (Phi) is 6.67. The number of aromatic nitrogens is 5. The first-order valence-corrected chi connectivity index (χ1v) is 11.1. The summed E-state index contributed by atoms with van der Waals surface area (Å²) in [5.74, 6) is -0.161. The minimum atomic E-state index is -0.836. The summed E-state index contributed by atoms with van der Waals surface area (Å²) < 4.78 is 0. The van der Waals surface area contributed by atoms with Crippen LogP contribution in [0.1, 0.15) is 48.0 Å². The molecule has 2 amide bonds. The highest BCUT2D eigenvalue weighted by Gasteiger charge is 2.24. The van der Waals surface area contributed by atoms with Gasteiger partial charge in [0.1, 0.15) is 16.8 Å². The van der Waals surface area contributed by atoms with E-state index in [4.69, 9.17) is 0 Å². The van der Waals surface area contributed by atoms with Gasteiger partial charge in [0.2, 0.25) is 5.91 Å². The first-order chi connectivity index (χ1) is 15.1. The van der Waals surface area contributed by atoms with Crippen molar-refractivity contribution in [1.82, 2.24) is 40.9 Å². The predicted molar refractivity (Wildman–Crippen MR) is 117 cm³/mol. The molecule has 1 aliphatic heterocycles. The number of anilines is 1. The predicted octanol–water partition coefficient (Wildman–Crippen LogP) is 0.954. The third-order valence-corrected chi connectivity index (χ3v) is 5.97. The van der Waals surface area contributed by atoms with Gasteiger partial charge < -0.3 is 25.8 Å². The number of hydrogen-bond donors (Lipinski definition) is 4. The third kappa shape index (κ3) is 5.14. The Bertz CT molecular complexity index is 1010. The molecule has 1 saturated heterocycles. The number of imidazole rings is 1. The molecule has 4 N–H and O–H groups in total. The summed E-state index contributed by atoms with van der Waals surface area (Å²) in [5, 5.41) is 10.3. The van der Waals surface area contributed by atoms with Crippen LogP contribution < -0.4 is 20.9 Å². The van der Waals surface area contributed by atoms with Crippen LogP contribution in [0.4, 0.5) is 5.00 Å². The van der Waals surface area contributed by atoms with Gasteiger partial charge in [-0.3, -0.25) is 9.59 Å². The Balaban J connectivity index is 1.51. The van der Waals surface area contributed by atoms with Gasteiger partial charge in [0.05, 0.1) is 12.4 Å². The SMILES string of the molecule is CCCCC(=O)NC(NC(=O)c1ncc(N2CCNCC2)s1)c1nc2ncncc2[nH]1. The summed E-state index contributed by atoms with van der Waals surface area (Å²) in [6.45, 7) is 5.57. The molecule has 1 fully saturated rings. The van der Waals surface area contributed by atoms with Crippen molar-refractivity contribution in [3.63, 3.8) is 0 Å². The molecule has 0 spiro atoms. The maximum absolute atomic E-state index is 12.9. The molecule has 0 radical (unpaired) electrons. The van der Waals surface area contributed by atoms with Crippen molar-refractivity contribution < 1.29 is 9.59 Å². The fraction of sp³-hybridized carbons (Fsp3) is 0.474. The third-order valence-electron chi connectivity index (χ3n) is 4.91. The van der Waals surface area contributed by atoms with Gasteiger partial charge in [-0.05, 0) is 6.42 Å². The normalized spacial score (nSPS) is 15.1. The summed E-state index contributed by atoms with van der Waals surface area (Å²) in [4.78, 5) is 47.3. The molecule has 1 atom stereocenters. The fourth-order valence-corrected chi connectivity index (χ4v) is 4.13. The number of H-pyrrole nitrogens is 1. The first kappa shape index (κ1) is 21.1. The van der Waals surface area contributed by atoms with Gasteiger partial charge in [-0.15, -0.1) is 0 Å². The summed E-state index contributed by atoms with van der Waals surface area (Å²) >= 11 is 1.33. The average molecular weight is 444 g/mol. The van der Waals surface area contributed by atoms with E-state index in [1.165, 1.54) is 17.7 Å². The molecule has 4 rings (SSSR count). The van der Waals surface area contributed by atoms with Crippen molar-refractivity contribution >= 4 is 39.3 Å². The van der Waals surface area contributed by atoms with Gasteiger partial charge in [-0.2, -0.15) is 0 Å². The minimum absolute atomic E-state index is 0.167. The Morgan fingerprint density at radius 3 is 2.84 bits per heavy atom. The van der Waals surface area contributed by atoms with Gasteiger partial charge in [0.15, 0.2) is 22.6 Å². The Labute approximate surface area is 183 Å². The fourth-order valence-electron chi connectivity index (χ4n) is 3.26. The number of carbonyl (C=O) groups is 2. The number of nitrogens with zero attached hydrogens (tertiary/aromatic N) is 5. The zero-order valence-corrected chi connectivity index (χ0v) is 18.0. The molecule has 1 aliphatic rings. The minimum Gasteiger partial charge on any atom is -0.360 e. The summed E-state index contributed by atoms with van der Waals surface area (Å²) in [5.41, 5.74) is 1.08. The monoisotopic (exact) mass is 443 g/mol. The number of fused-ring (bicyclic) bond motifs is 1. The lowest BCUT2D eigenvalue weighted by molar-refractivity contribution is -0.122. The van der Waals surface area contributed by atoms with E-state index in [-0.39, 0.29) is 11.8 Å². The molecule has 0 aromatic carbocycles. The molecule has 0 bridgehead atoms. The summed E-state index contributed by atoms with van der Waals surface area (Å²) in [6.07, 6.45) is 5.91. The molecule has 0 saturated carbocycles. The van der Waals surface area contributed by atoms with Gasteiger partial charge in [0.25, 0.3) is 5.91 Å². The number of nitrogens with one attached hydrogen (secondary N) is 4. The van der Waals surface area contributed by atoms with Crippen LogP contribution in [-0.2, 0) is 4.79 Å². The largest absolute Gasteiger partial charge is 0.360 e. The highest BCUT2D eigenvalue weighted by atomic mass is 32.1.